The lowest BCUT2D eigenvalue weighted by Crippen LogP contribution is -2.60. The Morgan fingerprint density at radius 1 is 0.857 bits per heavy atom. The van der Waals surface area contributed by atoms with Gasteiger partial charge in [0.1, 0.15) is 17.2 Å². The van der Waals surface area contributed by atoms with E-state index in [4.69, 9.17) is 23.2 Å². The number of nitrogens with zero attached hydrogens (tertiary/aromatic N) is 2. The molecule has 2 aromatic rings. The summed E-state index contributed by atoms with van der Waals surface area (Å²) in [5.41, 5.74) is -3.79. The third-order valence-electron chi connectivity index (χ3n) is 9.44. The summed E-state index contributed by atoms with van der Waals surface area (Å²) in [5, 5.41) is 11.0. The average Bonchev–Trinajstić information content (AvgIpc) is 3.34. The molecule has 2 aromatic carbocycles. The average molecular weight is 741 g/mol. The summed E-state index contributed by atoms with van der Waals surface area (Å²) in [6.07, 6.45) is -4.96. The van der Waals surface area contributed by atoms with Crippen LogP contribution in [0.1, 0.15) is 45.1 Å². The second-order valence-corrected chi connectivity index (χ2v) is 14.4. The van der Waals surface area contributed by atoms with E-state index < -0.39 is 132 Å². The lowest BCUT2D eigenvalue weighted by molar-refractivity contribution is -0.274. The van der Waals surface area contributed by atoms with Gasteiger partial charge in [0.25, 0.3) is 11.8 Å². The first-order chi connectivity index (χ1) is 22.5. The number of rotatable bonds is 3. The van der Waals surface area contributed by atoms with Crippen molar-refractivity contribution >= 4 is 52.5 Å². The fourth-order valence-electron chi connectivity index (χ4n) is 7.53. The maximum Gasteiger partial charge on any atom is 0.573 e. The first-order valence-electron chi connectivity index (χ1n) is 14.4. The second-order valence-electron chi connectivity index (χ2n) is 13.1. The van der Waals surface area contributed by atoms with Crippen molar-refractivity contribution in [3.05, 3.63) is 64.5 Å². The zero-order chi connectivity index (χ0) is 36.5. The Hall–Kier alpha value is -3.92. The van der Waals surface area contributed by atoms with Crippen LogP contribution in [0.4, 0.5) is 40.8 Å². The van der Waals surface area contributed by atoms with E-state index in [1.165, 1.54) is 6.08 Å². The third-order valence-corrected chi connectivity index (χ3v) is 10.8. The van der Waals surface area contributed by atoms with Gasteiger partial charge in [-0.15, -0.1) is 36.4 Å². The second kappa shape index (κ2) is 10.8. The number of phenolic OH excluding ortho intramolecular Hbond substituents is 1. The van der Waals surface area contributed by atoms with Crippen molar-refractivity contribution in [2.45, 2.75) is 61.2 Å². The molecular formula is C31H22Cl2F8N2O6. The van der Waals surface area contributed by atoms with E-state index in [0.717, 1.165) is 11.0 Å². The molecule has 0 bridgehead atoms. The number of phenols is 1. The number of imide groups is 2. The molecule has 2 aliphatic carbocycles. The van der Waals surface area contributed by atoms with Gasteiger partial charge in [0.05, 0.1) is 11.8 Å². The molecule has 0 aromatic heterocycles. The maximum absolute atomic E-state index is 15.1. The highest BCUT2D eigenvalue weighted by Crippen LogP contribution is 2.67. The van der Waals surface area contributed by atoms with Crippen molar-refractivity contribution < 1.29 is 64.1 Å². The van der Waals surface area contributed by atoms with Crippen molar-refractivity contribution in [1.29, 1.82) is 0 Å². The number of carbonyl (C=O) groups is 4. The smallest absolute Gasteiger partial charge is 0.508 e. The van der Waals surface area contributed by atoms with E-state index in [1.54, 1.807) is 20.8 Å². The van der Waals surface area contributed by atoms with Gasteiger partial charge >= 0.3 is 6.36 Å². The number of carbonyl (C=O) groups excluding carboxylic acids is 4. The molecule has 262 valence electrons. The lowest BCUT2D eigenvalue weighted by Gasteiger charge is -2.50. The summed E-state index contributed by atoms with van der Waals surface area (Å²) in [5.74, 6) is -25.4. The van der Waals surface area contributed by atoms with Gasteiger partial charge in [-0.1, -0.05) is 11.6 Å². The van der Waals surface area contributed by atoms with Gasteiger partial charge < -0.3 is 9.84 Å². The minimum absolute atomic E-state index is 0.0655. The van der Waals surface area contributed by atoms with Gasteiger partial charge in [-0.3, -0.25) is 24.1 Å². The van der Waals surface area contributed by atoms with Crippen molar-refractivity contribution in [3.8, 4) is 11.5 Å². The fraction of sp³-hybridized carbons (Fsp3) is 0.419. The van der Waals surface area contributed by atoms with Crippen LogP contribution in [0.3, 0.4) is 0 Å². The lowest BCUT2D eigenvalue weighted by atomic mass is 9.56. The molecule has 1 N–H and O–H groups in total. The topological polar surface area (TPSA) is 104 Å². The summed E-state index contributed by atoms with van der Waals surface area (Å²) in [6.45, 7) is 4.70. The number of halogens is 10. The number of anilines is 1. The Labute approximate surface area is 281 Å². The van der Waals surface area contributed by atoms with Crippen LogP contribution in [-0.4, -0.2) is 55.3 Å². The number of ether oxygens (including phenoxy) is 1. The third kappa shape index (κ3) is 4.68. The number of aromatic hydroxyl groups is 1. The Morgan fingerprint density at radius 2 is 1.43 bits per heavy atom. The van der Waals surface area contributed by atoms with Gasteiger partial charge in [0.15, 0.2) is 33.0 Å². The van der Waals surface area contributed by atoms with Crippen LogP contribution in [0.5, 0.6) is 11.5 Å². The molecule has 0 unspecified atom stereocenters. The molecule has 18 heteroatoms. The molecule has 1 saturated carbocycles. The monoisotopic (exact) mass is 740 g/mol. The van der Waals surface area contributed by atoms with E-state index in [-0.39, 0.29) is 12.0 Å². The van der Waals surface area contributed by atoms with Crippen molar-refractivity contribution in [2.24, 2.45) is 17.8 Å². The molecule has 3 fully saturated rings. The van der Waals surface area contributed by atoms with E-state index in [0.29, 0.717) is 12.1 Å². The van der Waals surface area contributed by atoms with Crippen molar-refractivity contribution in [3.63, 3.8) is 0 Å². The number of hydrogen-bond acceptors (Lipinski definition) is 6. The zero-order valence-electron chi connectivity index (χ0n) is 25.2. The number of amides is 4. The summed E-state index contributed by atoms with van der Waals surface area (Å²) in [6, 6.07) is 2.01. The van der Waals surface area contributed by atoms with Crippen LogP contribution >= 0.6 is 23.2 Å². The predicted octanol–water partition coefficient (Wildman–Crippen LogP) is 6.35. The Kier molecular flexibility index (Phi) is 7.69. The molecular weight excluding hydrogens is 719 g/mol. The maximum atomic E-state index is 15.1. The van der Waals surface area contributed by atoms with Crippen LogP contribution in [-0.2, 0) is 19.2 Å². The number of allylic oxidation sites excluding steroid dienone is 2. The van der Waals surface area contributed by atoms with Crippen LogP contribution in [0, 0.1) is 46.8 Å². The van der Waals surface area contributed by atoms with E-state index >= 15 is 8.78 Å². The summed E-state index contributed by atoms with van der Waals surface area (Å²) in [7, 11) is 0. The molecule has 4 amide bonds. The van der Waals surface area contributed by atoms with E-state index in [9.17, 15) is 50.6 Å². The standard InChI is InChI=1S/C31H22Cl2F8N2O6/c1-28(2,3)43-24(45)12-6-5-11-14(16(12)25(43)46)9-29(32)26(47)42(23-21(37)19(35)18(34)20(36)22(23)38)27(48)30(29,33)17(11)13-8-10(4-7-15(13)44)49-31(39,40)41/h4-5,7-8,12,14,16-17,44H,6,9H2,1-3H3/t12-,14+,16-,17+,29+,30-/m0/s1. The predicted molar refractivity (Wildman–Crippen MR) is 153 cm³/mol. The minimum atomic E-state index is -5.27. The normalized spacial score (nSPS) is 30.0. The minimum Gasteiger partial charge on any atom is -0.508 e. The van der Waals surface area contributed by atoms with Gasteiger partial charge in [0, 0.05) is 17.0 Å². The van der Waals surface area contributed by atoms with Crippen molar-refractivity contribution in [1.82, 2.24) is 4.90 Å². The highest BCUT2D eigenvalue weighted by molar-refractivity contribution is 6.58. The molecule has 4 aliphatic rings. The highest BCUT2D eigenvalue weighted by atomic mass is 35.5. The van der Waals surface area contributed by atoms with Gasteiger partial charge in [-0.05, 0) is 57.7 Å². The van der Waals surface area contributed by atoms with Gasteiger partial charge in [-0.25, -0.2) is 26.9 Å². The summed E-state index contributed by atoms with van der Waals surface area (Å²) in [4.78, 5) is 50.4. The molecule has 2 heterocycles. The summed E-state index contributed by atoms with van der Waals surface area (Å²) < 4.78 is 117. The Balaban J connectivity index is 1.62. The molecule has 2 saturated heterocycles. The van der Waals surface area contributed by atoms with Gasteiger partial charge in [-0.2, -0.15) is 0 Å². The molecule has 49 heavy (non-hydrogen) atoms. The number of fused-ring (bicyclic) bond motifs is 4. The van der Waals surface area contributed by atoms with E-state index in [2.05, 4.69) is 4.74 Å². The number of likely N-dealkylation sites (tertiary alicyclic amines) is 1. The Morgan fingerprint density at radius 3 is 1.98 bits per heavy atom. The number of hydrogen-bond donors (Lipinski definition) is 1. The molecule has 0 spiro atoms. The fourth-order valence-corrected chi connectivity index (χ4v) is 8.46. The van der Waals surface area contributed by atoms with Crippen LogP contribution in [0.2, 0.25) is 0 Å². The molecule has 8 nitrogen and oxygen atoms in total. The quantitative estimate of drug-likeness (QED) is 0.0984. The summed E-state index contributed by atoms with van der Waals surface area (Å²) >= 11 is 13.9. The first-order valence-corrected chi connectivity index (χ1v) is 15.2. The largest absolute Gasteiger partial charge is 0.573 e. The SMILES string of the molecule is CC(C)(C)N1C(=O)[C@H]2[C@H](CC=C3[C@H]2C[C@@]2(Cl)C(=O)N(c4c(F)c(F)c(F)c(F)c4F)C(=O)[C@@]2(Cl)[C@H]3c2cc(OC(F)(F)F)ccc2O)C1=O. The molecule has 0 radical (unpaired) electrons. The molecule has 2 aliphatic heterocycles. The van der Waals surface area contributed by atoms with Gasteiger partial charge in [0.2, 0.25) is 17.6 Å². The van der Waals surface area contributed by atoms with Crippen molar-refractivity contribution in [2.75, 3.05) is 4.90 Å². The Bertz CT molecular complexity index is 1890. The van der Waals surface area contributed by atoms with E-state index in [1.807, 2.05) is 0 Å². The first kappa shape index (κ1) is 34.9. The number of benzene rings is 2. The zero-order valence-corrected chi connectivity index (χ0v) is 26.7. The number of alkyl halides is 5. The molecule has 6 atom stereocenters. The molecule has 6 rings (SSSR count). The van der Waals surface area contributed by atoms with Crippen LogP contribution < -0.4 is 9.64 Å². The highest BCUT2D eigenvalue weighted by Gasteiger charge is 2.77. The van der Waals surface area contributed by atoms with Crippen LogP contribution in [0.25, 0.3) is 0 Å². The van der Waals surface area contributed by atoms with Crippen LogP contribution in [0.15, 0.2) is 29.8 Å².